The summed E-state index contributed by atoms with van der Waals surface area (Å²) >= 11 is 0. The molecule has 3 heterocycles. The van der Waals surface area contributed by atoms with Crippen molar-refractivity contribution < 1.29 is 14.3 Å². The summed E-state index contributed by atoms with van der Waals surface area (Å²) in [5.74, 6) is -0.507. The average Bonchev–Trinajstić information content (AvgIpc) is 3.18. The van der Waals surface area contributed by atoms with E-state index >= 15 is 0 Å². The molecular weight excluding hydrogens is 354 g/mol. The molecule has 2 aliphatic heterocycles. The monoisotopic (exact) mass is 381 g/mol. The summed E-state index contributed by atoms with van der Waals surface area (Å²) in [7, 11) is 0. The molecule has 1 aromatic carbocycles. The number of carbonyl (C=O) groups excluding carboxylic acids is 1. The fourth-order valence-electron chi connectivity index (χ4n) is 3.94. The first-order valence-corrected chi connectivity index (χ1v) is 9.99. The van der Waals surface area contributed by atoms with Gasteiger partial charge in [-0.1, -0.05) is 25.1 Å². The maximum absolute atomic E-state index is 12.8. The molecule has 1 amide bonds. The Morgan fingerprint density at radius 3 is 2.57 bits per heavy atom. The molecule has 0 aliphatic carbocycles. The third-order valence-electron chi connectivity index (χ3n) is 5.62. The molecule has 0 atom stereocenters. The van der Waals surface area contributed by atoms with Gasteiger partial charge in [0.2, 0.25) is 0 Å². The summed E-state index contributed by atoms with van der Waals surface area (Å²) in [5.41, 5.74) is 4.92. The van der Waals surface area contributed by atoms with Gasteiger partial charge < -0.3 is 19.7 Å². The van der Waals surface area contributed by atoms with Gasteiger partial charge in [0.1, 0.15) is 5.69 Å². The molecule has 1 N–H and O–H groups in total. The smallest absolute Gasteiger partial charge is 0.272 e. The highest BCUT2D eigenvalue weighted by Gasteiger charge is 2.41. The van der Waals surface area contributed by atoms with Crippen molar-refractivity contribution in [1.82, 2.24) is 9.88 Å². The fourth-order valence-corrected chi connectivity index (χ4v) is 3.94. The lowest BCUT2D eigenvalue weighted by atomic mass is 10.0. The van der Waals surface area contributed by atoms with Crippen LogP contribution in [0.15, 0.2) is 36.5 Å². The molecule has 6 heteroatoms. The number of carbonyl (C=O) groups is 1. The molecule has 28 heavy (non-hydrogen) atoms. The normalized spacial score (nSPS) is 18.4. The first kappa shape index (κ1) is 18.9. The van der Waals surface area contributed by atoms with Gasteiger partial charge in [0, 0.05) is 31.6 Å². The van der Waals surface area contributed by atoms with Crippen LogP contribution in [0.1, 0.15) is 41.4 Å². The zero-order chi connectivity index (χ0) is 19.6. The number of amides is 1. The van der Waals surface area contributed by atoms with E-state index in [0.29, 0.717) is 44.8 Å². The molecule has 0 saturated carbocycles. The van der Waals surface area contributed by atoms with E-state index in [0.717, 1.165) is 17.8 Å². The van der Waals surface area contributed by atoms with Crippen LogP contribution in [0.4, 0.5) is 11.4 Å². The second-order valence-electron chi connectivity index (χ2n) is 7.42. The Morgan fingerprint density at radius 1 is 1.18 bits per heavy atom. The first-order valence-electron chi connectivity index (χ1n) is 9.99. The maximum atomic E-state index is 12.8. The number of rotatable bonds is 4. The summed E-state index contributed by atoms with van der Waals surface area (Å²) < 4.78 is 11.5. The van der Waals surface area contributed by atoms with E-state index in [2.05, 4.69) is 42.3 Å². The highest BCUT2D eigenvalue weighted by atomic mass is 16.7. The molecule has 2 aromatic rings. The lowest BCUT2D eigenvalue weighted by Gasteiger charge is -2.37. The summed E-state index contributed by atoms with van der Waals surface area (Å²) in [6, 6.07) is 10.0. The Morgan fingerprint density at radius 2 is 1.93 bits per heavy atom. The van der Waals surface area contributed by atoms with Crippen molar-refractivity contribution in [3.8, 4) is 0 Å². The van der Waals surface area contributed by atoms with Gasteiger partial charge in [0.15, 0.2) is 5.79 Å². The third kappa shape index (κ3) is 3.75. The largest absolute Gasteiger partial charge is 0.354 e. The summed E-state index contributed by atoms with van der Waals surface area (Å²) in [6.45, 7) is 6.78. The Kier molecular flexibility index (Phi) is 5.33. The molecule has 1 aromatic heterocycles. The molecule has 2 saturated heterocycles. The van der Waals surface area contributed by atoms with Gasteiger partial charge in [-0.2, -0.15) is 0 Å². The minimum atomic E-state index is -0.470. The van der Waals surface area contributed by atoms with Gasteiger partial charge >= 0.3 is 0 Å². The number of hydrogen-bond acceptors (Lipinski definition) is 5. The number of hydrogen-bond donors (Lipinski definition) is 1. The van der Waals surface area contributed by atoms with E-state index in [-0.39, 0.29) is 5.91 Å². The van der Waals surface area contributed by atoms with Crippen LogP contribution in [0.25, 0.3) is 0 Å². The zero-order valence-electron chi connectivity index (χ0n) is 16.5. The van der Waals surface area contributed by atoms with Crippen LogP contribution in [0.2, 0.25) is 0 Å². The number of piperidine rings is 1. The van der Waals surface area contributed by atoms with Crippen molar-refractivity contribution in [2.75, 3.05) is 31.6 Å². The minimum absolute atomic E-state index is 0.0375. The number of aryl methyl sites for hydroxylation is 2. The SMILES string of the molecule is CCc1cccc(C)c1Nc1ccc(C(=O)N2CCC3(CC2)OCCO3)nc1. The molecule has 148 valence electrons. The number of ether oxygens (including phenoxy) is 2. The molecule has 0 bridgehead atoms. The number of likely N-dealkylation sites (tertiary alicyclic amines) is 1. The molecule has 0 unspecified atom stereocenters. The second-order valence-corrected chi connectivity index (χ2v) is 7.42. The topological polar surface area (TPSA) is 63.7 Å². The van der Waals surface area contributed by atoms with Crippen molar-refractivity contribution in [2.24, 2.45) is 0 Å². The van der Waals surface area contributed by atoms with Gasteiger partial charge in [-0.05, 0) is 36.6 Å². The van der Waals surface area contributed by atoms with Crippen LogP contribution in [-0.2, 0) is 15.9 Å². The Balaban J connectivity index is 1.41. The zero-order valence-corrected chi connectivity index (χ0v) is 16.5. The maximum Gasteiger partial charge on any atom is 0.272 e. The number of pyridine rings is 1. The molecule has 6 nitrogen and oxygen atoms in total. The number of nitrogens with one attached hydrogen (secondary N) is 1. The highest BCUT2D eigenvalue weighted by molar-refractivity contribution is 5.92. The number of anilines is 2. The molecular formula is C22H27N3O3. The summed E-state index contributed by atoms with van der Waals surface area (Å²) in [4.78, 5) is 19.0. The van der Waals surface area contributed by atoms with Gasteiger partial charge in [0.05, 0.1) is 25.1 Å². The van der Waals surface area contributed by atoms with Crippen LogP contribution < -0.4 is 5.32 Å². The molecule has 0 radical (unpaired) electrons. The van der Waals surface area contributed by atoms with Crippen LogP contribution in [0.5, 0.6) is 0 Å². The third-order valence-corrected chi connectivity index (χ3v) is 5.62. The van der Waals surface area contributed by atoms with Gasteiger partial charge in [-0.3, -0.25) is 4.79 Å². The molecule has 1 spiro atoms. The van der Waals surface area contributed by atoms with Gasteiger partial charge in [-0.25, -0.2) is 4.98 Å². The van der Waals surface area contributed by atoms with Crippen LogP contribution in [0, 0.1) is 6.92 Å². The minimum Gasteiger partial charge on any atom is -0.354 e. The molecule has 2 aliphatic rings. The van der Waals surface area contributed by atoms with Crippen LogP contribution >= 0.6 is 0 Å². The van der Waals surface area contributed by atoms with Crippen molar-refractivity contribution in [2.45, 2.75) is 38.9 Å². The van der Waals surface area contributed by atoms with E-state index in [1.54, 1.807) is 12.3 Å². The standard InChI is InChI=1S/C22H27N3O3/c1-3-17-6-4-5-16(2)20(17)24-18-7-8-19(23-15-18)21(26)25-11-9-22(10-12-25)27-13-14-28-22/h4-8,15,24H,3,9-14H2,1-2H3. The van der Waals surface area contributed by atoms with Gasteiger partial charge in [0.25, 0.3) is 5.91 Å². The van der Waals surface area contributed by atoms with Crippen molar-refractivity contribution >= 4 is 17.3 Å². The van der Waals surface area contributed by atoms with Crippen LogP contribution in [0.3, 0.4) is 0 Å². The lowest BCUT2D eigenvalue weighted by Crippen LogP contribution is -2.47. The number of para-hydroxylation sites is 1. The predicted octanol–water partition coefficient (Wildman–Crippen LogP) is 3.68. The van der Waals surface area contributed by atoms with E-state index in [1.807, 2.05) is 11.0 Å². The van der Waals surface area contributed by atoms with Gasteiger partial charge in [-0.15, -0.1) is 0 Å². The van der Waals surface area contributed by atoms with E-state index in [1.165, 1.54) is 11.1 Å². The fraction of sp³-hybridized carbons (Fsp3) is 0.455. The van der Waals surface area contributed by atoms with E-state index in [4.69, 9.17) is 9.47 Å². The van der Waals surface area contributed by atoms with Crippen LogP contribution in [-0.4, -0.2) is 47.9 Å². The highest BCUT2D eigenvalue weighted by Crippen LogP contribution is 2.31. The van der Waals surface area contributed by atoms with E-state index < -0.39 is 5.79 Å². The predicted molar refractivity (Wildman–Crippen MR) is 108 cm³/mol. The summed E-state index contributed by atoms with van der Waals surface area (Å²) in [5, 5.41) is 3.45. The van der Waals surface area contributed by atoms with Crippen molar-refractivity contribution in [3.63, 3.8) is 0 Å². The quantitative estimate of drug-likeness (QED) is 0.875. The molecule has 2 fully saturated rings. The Labute approximate surface area is 165 Å². The number of benzene rings is 1. The summed E-state index contributed by atoms with van der Waals surface area (Å²) in [6.07, 6.45) is 4.11. The average molecular weight is 381 g/mol. The molecule has 4 rings (SSSR count). The van der Waals surface area contributed by atoms with Crippen molar-refractivity contribution in [1.29, 1.82) is 0 Å². The van der Waals surface area contributed by atoms with Crippen molar-refractivity contribution in [3.05, 3.63) is 53.3 Å². The Bertz CT molecular complexity index is 835. The number of nitrogens with zero attached hydrogens (tertiary/aromatic N) is 2. The lowest BCUT2D eigenvalue weighted by molar-refractivity contribution is -0.181. The first-order chi connectivity index (χ1) is 13.6. The van der Waals surface area contributed by atoms with E-state index in [9.17, 15) is 4.79 Å². The Hall–Kier alpha value is -2.44. The second kappa shape index (κ2) is 7.89. The number of aromatic nitrogens is 1.